The van der Waals surface area contributed by atoms with Crippen molar-refractivity contribution >= 4 is 45.6 Å². The van der Waals surface area contributed by atoms with Crippen LogP contribution in [0.1, 0.15) is 17.5 Å². The van der Waals surface area contributed by atoms with Crippen LogP contribution < -0.4 is 10.6 Å². The van der Waals surface area contributed by atoms with Crippen molar-refractivity contribution in [3.05, 3.63) is 82.7 Å². The number of hydrogen-bond donors (Lipinski definition) is 2. The highest BCUT2D eigenvalue weighted by molar-refractivity contribution is 7.09. The minimum Gasteiger partial charge on any atom is -0.325 e. The molecule has 0 saturated carbocycles. The smallest absolute Gasteiger partial charge is 0.325 e. The molecule has 1 fully saturated rings. The zero-order valence-corrected chi connectivity index (χ0v) is 19.5. The van der Waals surface area contributed by atoms with Crippen molar-refractivity contribution in [2.75, 3.05) is 11.9 Å². The first-order valence-corrected chi connectivity index (χ1v) is 11.7. The van der Waals surface area contributed by atoms with Gasteiger partial charge in [0.05, 0.1) is 10.7 Å². The zero-order valence-electron chi connectivity index (χ0n) is 18.7. The van der Waals surface area contributed by atoms with Crippen LogP contribution in [0.4, 0.5) is 10.5 Å². The average molecular weight is 471 g/mol. The summed E-state index contributed by atoms with van der Waals surface area (Å²) in [6, 6.07) is 20.1. The molecule has 4 aromatic rings. The summed E-state index contributed by atoms with van der Waals surface area (Å²) in [4.78, 5) is 43.9. The van der Waals surface area contributed by atoms with E-state index in [4.69, 9.17) is 0 Å². The highest BCUT2D eigenvalue weighted by atomic mass is 32.1. The van der Waals surface area contributed by atoms with Crippen LogP contribution in [0, 0.1) is 6.92 Å². The largest absolute Gasteiger partial charge is 0.325 e. The van der Waals surface area contributed by atoms with E-state index in [1.807, 2.05) is 66.9 Å². The number of carbonyl (C=O) groups excluding carboxylic acids is 3. The van der Waals surface area contributed by atoms with Gasteiger partial charge >= 0.3 is 6.03 Å². The van der Waals surface area contributed by atoms with Gasteiger partial charge in [-0.3, -0.25) is 14.5 Å². The minimum absolute atomic E-state index is 0.374. The Balaban J connectivity index is 1.29. The van der Waals surface area contributed by atoms with Crippen molar-refractivity contribution in [1.82, 2.24) is 15.2 Å². The summed E-state index contributed by atoms with van der Waals surface area (Å²) >= 11 is 1.57. The lowest BCUT2D eigenvalue weighted by Crippen LogP contribution is -2.42. The van der Waals surface area contributed by atoms with Crippen molar-refractivity contribution in [2.24, 2.45) is 0 Å². The fourth-order valence-corrected chi connectivity index (χ4v) is 4.72. The number of fused-ring (bicyclic) bond motifs is 1. The van der Waals surface area contributed by atoms with Gasteiger partial charge < -0.3 is 10.6 Å². The number of nitrogens with zero attached hydrogens (tertiary/aromatic N) is 2. The van der Waals surface area contributed by atoms with E-state index in [9.17, 15) is 14.4 Å². The molecule has 7 nitrogen and oxygen atoms in total. The fraction of sp³-hybridized carbons (Fsp3) is 0.154. The highest BCUT2D eigenvalue weighted by Gasteiger charge is 2.49. The number of aryl methyl sites for hydroxylation is 1. The molecule has 8 heteroatoms. The van der Waals surface area contributed by atoms with Gasteiger partial charge in [0, 0.05) is 16.6 Å². The lowest BCUT2D eigenvalue weighted by Gasteiger charge is -2.22. The van der Waals surface area contributed by atoms with E-state index < -0.39 is 23.4 Å². The SMILES string of the molecule is Cc1nc(-c2ccc(NC(=O)CN3C(=O)N[C@@](C)(c4ccc5ccccc5c4)C3=O)cc2)cs1. The number of benzene rings is 3. The molecule has 5 rings (SSSR count). The molecular formula is C26H22N4O3S. The Morgan fingerprint density at radius 2 is 1.79 bits per heavy atom. The van der Waals surface area contributed by atoms with E-state index in [2.05, 4.69) is 15.6 Å². The van der Waals surface area contributed by atoms with Crippen molar-refractivity contribution in [1.29, 1.82) is 0 Å². The molecule has 0 spiro atoms. The van der Waals surface area contributed by atoms with E-state index in [-0.39, 0.29) is 6.54 Å². The molecule has 1 saturated heterocycles. The van der Waals surface area contributed by atoms with E-state index in [1.54, 1.807) is 30.4 Å². The van der Waals surface area contributed by atoms with E-state index in [0.717, 1.165) is 31.9 Å². The number of aromatic nitrogens is 1. The van der Waals surface area contributed by atoms with Crippen LogP contribution in [0.15, 0.2) is 72.1 Å². The Hall–Kier alpha value is -4.04. The van der Waals surface area contributed by atoms with Gasteiger partial charge in [-0.05, 0) is 48.4 Å². The number of amides is 4. The molecule has 0 radical (unpaired) electrons. The van der Waals surface area contributed by atoms with Crippen LogP contribution in [0.2, 0.25) is 0 Å². The molecule has 0 bridgehead atoms. The van der Waals surface area contributed by atoms with Crippen LogP contribution in [0.5, 0.6) is 0 Å². The van der Waals surface area contributed by atoms with E-state index >= 15 is 0 Å². The molecule has 1 aliphatic rings. The van der Waals surface area contributed by atoms with Gasteiger partial charge in [0.2, 0.25) is 5.91 Å². The normalized spacial score (nSPS) is 17.8. The first-order chi connectivity index (χ1) is 16.3. The number of anilines is 1. The maximum Gasteiger partial charge on any atom is 0.325 e. The first kappa shape index (κ1) is 21.8. The predicted molar refractivity (Wildman–Crippen MR) is 132 cm³/mol. The van der Waals surface area contributed by atoms with Gasteiger partial charge in [-0.2, -0.15) is 0 Å². The van der Waals surface area contributed by atoms with Gasteiger partial charge in [-0.25, -0.2) is 9.78 Å². The van der Waals surface area contributed by atoms with Crippen LogP contribution in [0.25, 0.3) is 22.0 Å². The third-order valence-corrected chi connectivity index (χ3v) is 6.76. The Bertz CT molecular complexity index is 1430. The second-order valence-corrected chi connectivity index (χ2v) is 9.45. The summed E-state index contributed by atoms with van der Waals surface area (Å²) in [6.45, 7) is 3.23. The maximum absolute atomic E-state index is 13.2. The topological polar surface area (TPSA) is 91.4 Å². The van der Waals surface area contributed by atoms with Gasteiger partial charge in [-0.1, -0.05) is 48.5 Å². The molecule has 34 heavy (non-hydrogen) atoms. The summed E-state index contributed by atoms with van der Waals surface area (Å²) in [5, 5.41) is 10.5. The molecular weight excluding hydrogens is 448 g/mol. The van der Waals surface area contributed by atoms with Crippen LogP contribution in [-0.2, 0) is 15.1 Å². The molecule has 0 aliphatic carbocycles. The first-order valence-electron chi connectivity index (χ1n) is 10.8. The monoisotopic (exact) mass is 470 g/mol. The number of hydrogen-bond acceptors (Lipinski definition) is 5. The highest BCUT2D eigenvalue weighted by Crippen LogP contribution is 2.31. The summed E-state index contributed by atoms with van der Waals surface area (Å²) in [5.41, 5.74) is 1.83. The quantitative estimate of drug-likeness (QED) is 0.415. The van der Waals surface area contributed by atoms with Crippen molar-refractivity contribution in [2.45, 2.75) is 19.4 Å². The third-order valence-electron chi connectivity index (χ3n) is 5.99. The molecule has 1 aliphatic heterocycles. The number of rotatable bonds is 5. The molecule has 2 N–H and O–H groups in total. The predicted octanol–water partition coefficient (Wildman–Crippen LogP) is 4.68. The number of imide groups is 1. The summed E-state index contributed by atoms with van der Waals surface area (Å²) < 4.78 is 0. The number of thiazole rings is 1. The number of urea groups is 1. The molecule has 2 heterocycles. The third kappa shape index (κ3) is 3.92. The minimum atomic E-state index is -1.24. The Morgan fingerprint density at radius 3 is 2.50 bits per heavy atom. The van der Waals surface area contributed by atoms with Gasteiger partial charge in [0.15, 0.2) is 0 Å². The lowest BCUT2D eigenvalue weighted by molar-refractivity contribution is -0.133. The van der Waals surface area contributed by atoms with Gasteiger partial charge in [0.25, 0.3) is 5.91 Å². The number of carbonyl (C=O) groups is 3. The van der Waals surface area contributed by atoms with Gasteiger partial charge in [0.1, 0.15) is 12.1 Å². The maximum atomic E-state index is 13.2. The van der Waals surface area contributed by atoms with Crippen LogP contribution in [0.3, 0.4) is 0 Å². The lowest BCUT2D eigenvalue weighted by atomic mass is 9.90. The van der Waals surface area contributed by atoms with Gasteiger partial charge in [-0.15, -0.1) is 11.3 Å². The number of nitrogens with one attached hydrogen (secondary N) is 2. The molecule has 1 atom stereocenters. The fourth-order valence-electron chi connectivity index (χ4n) is 4.10. The average Bonchev–Trinajstić information content (AvgIpc) is 3.36. The second-order valence-electron chi connectivity index (χ2n) is 8.39. The Kier molecular flexibility index (Phi) is 5.37. The van der Waals surface area contributed by atoms with Crippen molar-refractivity contribution in [3.63, 3.8) is 0 Å². The summed E-state index contributed by atoms with van der Waals surface area (Å²) in [6.07, 6.45) is 0. The van der Waals surface area contributed by atoms with Crippen LogP contribution >= 0.6 is 11.3 Å². The molecule has 3 aromatic carbocycles. The van der Waals surface area contributed by atoms with E-state index in [0.29, 0.717) is 11.3 Å². The van der Waals surface area contributed by atoms with Crippen LogP contribution in [-0.4, -0.2) is 34.3 Å². The summed E-state index contributed by atoms with van der Waals surface area (Å²) in [5.74, 6) is -0.916. The second kappa shape index (κ2) is 8.39. The van der Waals surface area contributed by atoms with E-state index in [1.165, 1.54) is 0 Å². The standard InChI is InChI=1S/C26H22N4O3S/c1-16-27-22(15-34-16)18-8-11-21(12-9-18)28-23(31)14-30-24(32)26(2,29-25(30)33)20-10-7-17-5-3-4-6-19(17)13-20/h3-13,15H,14H2,1-2H3,(H,28,31)(H,29,33)/t26-/m0/s1. The molecule has 1 aromatic heterocycles. The Labute approximate surface area is 200 Å². The molecule has 170 valence electrons. The Morgan fingerprint density at radius 1 is 1.06 bits per heavy atom. The summed E-state index contributed by atoms with van der Waals surface area (Å²) in [7, 11) is 0. The van der Waals surface area contributed by atoms with Crippen molar-refractivity contribution in [3.8, 4) is 11.3 Å². The molecule has 0 unspecified atom stereocenters. The van der Waals surface area contributed by atoms with Crippen molar-refractivity contribution < 1.29 is 14.4 Å². The molecule has 4 amide bonds. The zero-order chi connectivity index (χ0) is 23.9.